The Morgan fingerprint density at radius 1 is 1.41 bits per heavy atom. The average molecular weight is 235 g/mol. The van der Waals surface area contributed by atoms with E-state index in [1.165, 1.54) is 5.56 Å². The van der Waals surface area contributed by atoms with E-state index < -0.39 is 5.60 Å². The van der Waals surface area contributed by atoms with Gasteiger partial charge >= 0.3 is 0 Å². The smallest absolute Gasteiger partial charge is 0.102 e. The minimum absolute atomic E-state index is 0.363. The van der Waals surface area contributed by atoms with E-state index in [4.69, 9.17) is 4.74 Å². The number of ether oxygens (including phenoxy) is 1. The van der Waals surface area contributed by atoms with Gasteiger partial charge in [-0.2, -0.15) is 0 Å². The molecule has 3 nitrogen and oxygen atoms in total. The van der Waals surface area contributed by atoms with E-state index in [1.54, 1.807) is 0 Å². The molecular weight excluding hydrogens is 214 g/mol. The standard InChI is InChI=1S/C14H21NO2/c1-12(9-13-5-3-2-4-6-13)15-10-14(16)7-8-17-11-14/h2-6,12,15-16H,7-11H2,1H3. The Labute approximate surface area is 103 Å². The Bertz CT molecular complexity index is 333. The van der Waals surface area contributed by atoms with Gasteiger partial charge in [0.25, 0.3) is 0 Å². The van der Waals surface area contributed by atoms with Gasteiger partial charge in [0, 0.05) is 25.6 Å². The Balaban J connectivity index is 1.76. The first-order valence-electron chi connectivity index (χ1n) is 6.25. The van der Waals surface area contributed by atoms with Gasteiger partial charge in [0.05, 0.1) is 6.61 Å². The van der Waals surface area contributed by atoms with Gasteiger partial charge in [0.15, 0.2) is 0 Å². The van der Waals surface area contributed by atoms with Crippen LogP contribution in [0.2, 0.25) is 0 Å². The van der Waals surface area contributed by atoms with Crippen LogP contribution in [-0.2, 0) is 11.2 Å². The van der Waals surface area contributed by atoms with Gasteiger partial charge in [-0.25, -0.2) is 0 Å². The third kappa shape index (κ3) is 3.80. The first kappa shape index (κ1) is 12.6. The summed E-state index contributed by atoms with van der Waals surface area (Å²) >= 11 is 0. The topological polar surface area (TPSA) is 41.5 Å². The third-order valence-corrected chi connectivity index (χ3v) is 3.25. The molecule has 0 bridgehead atoms. The summed E-state index contributed by atoms with van der Waals surface area (Å²) in [6.45, 7) is 3.89. The van der Waals surface area contributed by atoms with Crippen molar-refractivity contribution in [1.82, 2.24) is 5.32 Å². The predicted octanol–water partition coefficient (Wildman–Crippen LogP) is 1.36. The molecule has 1 aromatic carbocycles. The lowest BCUT2D eigenvalue weighted by atomic mass is 10.0. The van der Waals surface area contributed by atoms with Crippen molar-refractivity contribution in [2.75, 3.05) is 19.8 Å². The summed E-state index contributed by atoms with van der Waals surface area (Å²) in [5.41, 5.74) is 0.660. The molecule has 1 heterocycles. The molecule has 0 saturated carbocycles. The highest BCUT2D eigenvalue weighted by molar-refractivity contribution is 5.15. The van der Waals surface area contributed by atoms with Gasteiger partial charge in [0.2, 0.25) is 0 Å². The van der Waals surface area contributed by atoms with E-state index in [0.29, 0.717) is 25.8 Å². The second-order valence-corrected chi connectivity index (χ2v) is 5.00. The van der Waals surface area contributed by atoms with Crippen LogP contribution in [-0.4, -0.2) is 36.5 Å². The summed E-state index contributed by atoms with van der Waals surface area (Å²) in [6.07, 6.45) is 1.72. The molecule has 2 N–H and O–H groups in total. The molecule has 0 aromatic heterocycles. The molecule has 1 fully saturated rings. The van der Waals surface area contributed by atoms with E-state index >= 15 is 0 Å². The van der Waals surface area contributed by atoms with Gasteiger partial charge < -0.3 is 15.2 Å². The second-order valence-electron chi connectivity index (χ2n) is 5.00. The molecule has 1 aliphatic heterocycles. The average Bonchev–Trinajstić information content (AvgIpc) is 2.76. The van der Waals surface area contributed by atoms with Crippen LogP contribution in [0.1, 0.15) is 18.9 Å². The minimum Gasteiger partial charge on any atom is -0.386 e. The SMILES string of the molecule is CC(Cc1ccccc1)NCC1(O)CCOC1. The summed E-state index contributed by atoms with van der Waals surface area (Å²) in [7, 11) is 0. The van der Waals surface area contributed by atoms with E-state index in [-0.39, 0.29) is 0 Å². The van der Waals surface area contributed by atoms with Crippen molar-refractivity contribution in [1.29, 1.82) is 0 Å². The number of aliphatic hydroxyl groups is 1. The number of hydrogen-bond donors (Lipinski definition) is 2. The largest absolute Gasteiger partial charge is 0.386 e. The Hall–Kier alpha value is -0.900. The number of hydrogen-bond acceptors (Lipinski definition) is 3. The lowest BCUT2D eigenvalue weighted by molar-refractivity contribution is 0.0252. The Kier molecular flexibility index (Phi) is 4.15. The van der Waals surface area contributed by atoms with Crippen LogP contribution in [0.15, 0.2) is 30.3 Å². The van der Waals surface area contributed by atoms with E-state index in [2.05, 4.69) is 36.5 Å². The fourth-order valence-corrected chi connectivity index (χ4v) is 2.14. The van der Waals surface area contributed by atoms with Gasteiger partial charge in [-0.1, -0.05) is 30.3 Å². The van der Waals surface area contributed by atoms with Gasteiger partial charge in [-0.15, -0.1) is 0 Å². The third-order valence-electron chi connectivity index (χ3n) is 3.25. The number of benzene rings is 1. The highest BCUT2D eigenvalue weighted by Gasteiger charge is 2.32. The van der Waals surface area contributed by atoms with Crippen LogP contribution in [0.4, 0.5) is 0 Å². The quantitative estimate of drug-likeness (QED) is 0.809. The first-order chi connectivity index (χ1) is 8.18. The predicted molar refractivity (Wildman–Crippen MR) is 68.0 cm³/mol. The fraction of sp³-hybridized carbons (Fsp3) is 0.571. The van der Waals surface area contributed by atoms with Crippen molar-refractivity contribution in [3.05, 3.63) is 35.9 Å². The van der Waals surface area contributed by atoms with Crippen molar-refractivity contribution < 1.29 is 9.84 Å². The van der Waals surface area contributed by atoms with Crippen molar-refractivity contribution in [2.24, 2.45) is 0 Å². The van der Waals surface area contributed by atoms with Gasteiger partial charge in [-0.05, 0) is 18.9 Å². The monoisotopic (exact) mass is 235 g/mol. The lowest BCUT2D eigenvalue weighted by Crippen LogP contribution is -2.44. The minimum atomic E-state index is -0.662. The molecule has 0 radical (unpaired) electrons. The molecule has 1 aromatic rings. The molecule has 0 amide bonds. The highest BCUT2D eigenvalue weighted by atomic mass is 16.5. The fourth-order valence-electron chi connectivity index (χ4n) is 2.14. The van der Waals surface area contributed by atoms with Crippen LogP contribution >= 0.6 is 0 Å². The maximum atomic E-state index is 10.1. The van der Waals surface area contributed by atoms with Gasteiger partial charge in [0.1, 0.15) is 5.60 Å². The lowest BCUT2D eigenvalue weighted by Gasteiger charge is -2.23. The normalized spacial score (nSPS) is 26.0. The van der Waals surface area contributed by atoms with Crippen molar-refractivity contribution in [2.45, 2.75) is 31.4 Å². The van der Waals surface area contributed by atoms with Crippen molar-refractivity contribution in [3.8, 4) is 0 Å². The molecular formula is C14H21NO2. The van der Waals surface area contributed by atoms with E-state index in [1.807, 2.05) is 6.07 Å². The summed E-state index contributed by atoms with van der Waals surface area (Å²) in [5, 5.41) is 13.5. The molecule has 1 saturated heterocycles. The maximum Gasteiger partial charge on any atom is 0.102 e. The van der Waals surface area contributed by atoms with Crippen LogP contribution in [0.5, 0.6) is 0 Å². The molecule has 0 aliphatic carbocycles. The van der Waals surface area contributed by atoms with E-state index in [9.17, 15) is 5.11 Å². The van der Waals surface area contributed by atoms with Crippen molar-refractivity contribution >= 4 is 0 Å². The Morgan fingerprint density at radius 3 is 2.82 bits per heavy atom. The summed E-state index contributed by atoms with van der Waals surface area (Å²) in [4.78, 5) is 0. The van der Waals surface area contributed by atoms with Gasteiger partial charge in [-0.3, -0.25) is 0 Å². The molecule has 17 heavy (non-hydrogen) atoms. The highest BCUT2D eigenvalue weighted by Crippen LogP contribution is 2.17. The zero-order valence-electron chi connectivity index (χ0n) is 10.4. The van der Waals surface area contributed by atoms with Crippen LogP contribution in [0.25, 0.3) is 0 Å². The molecule has 2 unspecified atom stereocenters. The molecule has 2 rings (SSSR count). The molecule has 0 spiro atoms. The summed E-state index contributed by atoms with van der Waals surface area (Å²) in [5.74, 6) is 0. The summed E-state index contributed by atoms with van der Waals surface area (Å²) < 4.78 is 5.22. The zero-order chi connectivity index (χ0) is 12.1. The van der Waals surface area contributed by atoms with Crippen LogP contribution in [0.3, 0.4) is 0 Å². The van der Waals surface area contributed by atoms with Crippen LogP contribution in [0, 0.1) is 0 Å². The number of nitrogens with one attached hydrogen (secondary N) is 1. The maximum absolute atomic E-state index is 10.1. The van der Waals surface area contributed by atoms with E-state index in [0.717, 1.165) is 12.8 Å². The summed E-state index contributed by atoms with van der Waals surface area (Å²) in [6, 6.07) is 10.8. The molecule has 3 heteroatoms. The molecule has 2 atom stereocenters. The second kappa shape index (κ2) is 5.63. The first-order valence-corrected chi connectivity index (χ1v) is 6.25. The molecule has 94 valence electrons. The van der Waals surface area contributed by atoms with Crippen molar-refractivity contribution in [3.63, 3.8) is 0 Å². The Morgan fingerprint density at radius 2 is 2.18 bits per heavy atom. The zero-order valence-corrected chi connectivity index (χ0v) is 10.4. The van der Waals surface area contributed by atoms with Crippen LogP contribution < -0.4 is 5.32 Å². The number of rotatable bonds is 5. The molecule has 1 aliphatic rings.